The third-order valence-corrected chi connectivity index (χ3v) is 4.24. The monoisotopic (exact) mass is 354 g/mol. The molecule has 0 heterocycles. The van der Waals surface area contributed by atoms with Gasteiger partial charge in [-0.15, -0.1) is 0 Å². The molecule has 5 heteroatoms. The molecular weight excluding hydrogens is 326 g/mol. The summed E-state index contributed by atoms with van der Waals surface area (Å²) in [5.74, 6) is -0.140. The Balaban J connectivity index is 1.68. The van der Waals surface area contributed by atoms with Crippen LogP contribution in [0.2, 0.25) is 0 Å². The van der Waals surface area contributed by atoms with Gasteiger partial charge < -0.3 is 15.5 Å². The lowest BCUT2D eigenvalue weighted by Crippen LogP contribution is -3.11. The lowest BCUT2D eigenvalue weighted by molar-refractivity contribution is -0.862. The molecule has 0 fully saturated rings. The van der Waals surface area contributed by atoms with E-state index >= 15 is 0 Å². The van der Waals surface area contributed by atoms with Crippen molar-refractivity contribution in [2.75, 3.05) is 32.0 Å². The number of quaternary nitrogens is 1. The summed E-state index contributed by atoms with van der Waals surface area (Å²) in [4.78, 5) is 25.0. The van der Waals surface area contributed by atoms with Gasteiger partial charge in [-0.1, -0.05) is 42.0 Å². The quantitative estimate of drug-likeness (QED) is 0.665. The first kappa shape index (κ1) is 19.7. The fraction of sp³-hybridized carbons (Fsp3) is 0.333. The Morgan fingerprint density at radius 1 is 0.923 bits per heavy atom. The van der Waals surface area contributed by atoms with Gasteiger partial charge in [0.05, 0.1) is 7.05 Å². The van der Waals surface area contributed by atoms with E-state index in [-0.39, 0.29) is 24.9 Å². The standard InChI is InChI=1S/C21H27N3O2/c1-16-8-10-19(11-9-16)23-21(26)15-24(3)14-20(25)22-13-12-18-7-5-4-6-17(18)2/h4-11H,12-15H2,1-3H3,(H,22,25)(H,23,26)/p+1. The Bertz CT molecular complexity index is 741. The summed E-state index contributed by atoms with van der Waals surface area (Å²) < 4.78 is 0. The van der Waals surface area contributed by atoms with Gasteiger partial charge in [0.25, 0.3) is 11.8 Å². The Kier molecular flexibility index (Phi) is 7.36. The molecule has 0 bridgehead atoms. The molecule has 0 radical (unpaired) electrons. The van der Waals surface area contributed by atoms with E-state index in [9.17, 15) is 9.59 Å². The molecule has 0 aliphatic rings. The molecule has 2 amide bonds. The van der Waals surface area contributed by atoms with Crippen LogP contribution in [0.3, 0.4) is 0 Å². The Hall–Kier alpha value is -2.66. The van der Waals surface area contributed by atoms with Gasteiger partial charge in [-0.25, -0.2) is 0 Å². The van der Waals surface area contributed by atoms with Gasteiger partial charge in [-0.05, 0) is 43.5 Å². The zero-order chi connectivity index (χ0) is 18.9. The van der Waals surface area contributed by atoms with Gasteiger partial charge in [0.2, 0.25) is 0 Å². The fourth-order valence-electron chi connectivity index (χ4n) is 2.74. The lowest BCUT2D eigenvalue weighted by atomic mass is 10.1. The van der Waals surface area contributed by atoms with Crippen LogP contribution in [0.25, 0.3) is 0 Å². The number of rotatable bonds is 8. The van der Waals surface area contributed by atoms with Gasteiger partial charge in [-0.2, -0.15) is 0 Å². The highest BCUT2D eigenvalue weighted by Crippen LogP contribution is 2.08. The molecule has 5 nitrogen and oxygen atoms in total. The van der Waals surface area contributed by atoms with Crippen molar-refractivity contribution in [2.45, 2.75) is 20.3 Å². The van der Waals surface area contributed by atoms with Crippen LogP contribution in [0.5, 0.6) is 0 Å². The number of carbonyl (C=O) groups excluding carboxylic acids is 2. The van der Waals surface area contributed by atoms with Crippen molar-refractivity contribution in [3.63, 3.8) is 0 Å². The third-order valence-electron chi connectivity index (χ3n) is 4.24. The zero-order valence-electron chi connectivity index (χ0n) is 15.8. The number of likely N-dealkylation sites (N-methyl/N-ethyl adjacent to an activating group) is 1. The number of benzene rings is 2. The minimum Gasteiger partial charge on any atom is -0.351 e. The SMILES string of the molecule is Cc1ccc(NC(=O)C[NH+](C)CC(=O)NCCc2ccccc2C)cc1. The molecule has 0 aromatic heterocycles. The highest BCUT2D eigenvalue weighted by molar-refractivity contribution is 5.91. The van der Waals surface area contributed by atoms with Gasteiger partial charge in [0, 0.05) is 12.2 Å². The molecule has 0 spiro atoms. The molecule has 0 aliphatic heterocycles. The average molecular weight is 354 g/mol. The summed E-state index contributed by atoms with van der Waals surface area (Å²) in [6.07, 6.45) is 0.811. The topological polar surface area (TPSA) is 62.6 Å². The molecule has 0 aliphatic carbocycles. The maximum Gasteiger partial charge on any atom is 0.279 e. The van der Waals surface area contributed by atoms with Crippen LogP contribution in [0.1, 0.15) is 16.7 Å². The number of hydrogen-bond donors (Lipinski definition) is 3. The highest BCUT2D eigenvalue weighted by atomic mass is 16.2. The van der Waals surface area contributed by atoms with Crippen molar-refractivity contribution < 1.29 is 14.5 Å². The fourth-order valence-corrected chi connectivity index (χ4v) is 2.74. The molecule has 0 saturated heterocycles. The second kappa shape index (κ2) is 9.73. The molecule has 26 heavy (non-hydrogen) atoms. The Morgan fingerprint density at radius 2 is 1.58 bits per heavy atom. The van der Waals surface area contributed by atoms with Gasteiger partial charge >= 0.3 is 0 Å². The van der Waals surface area contributed by atoms with E-state index < -0.39 is 0 Å². The predicted octanol–water partition coefficient (Wildman–Crippen LogP) is 1.12. The first-order valence-corrected chi connectivity index (χ1v) is 8.93. The largest absolute Gasteiger partial charge is 0.351 e. The third kappa shape index (κ3) is 6.69. The predicted molar refractivity (Wildman–Crippen MR) is 104 cm³/mol. The lowest BCUT2D eigenvalue weighted by Gasteiger charge is -2.14. The Morgan fingerprint density at radius 3 is 2.27 bits per heavy atom. The molecule has 138 valence electrons. The maximum atomic E-state index is 12.1. The summed E-state index contributed by atoms with van der Waals surface area (Å²) in [6.45, 7) is 5.20. The molecule has 2 aromatic carbocycles. The second-order valence-corrected chi connectivity index (χ2v) is 6.75. The minimum absolute atomic E-state index is 0.0424. The van der Waals surface area contributed by atoms with Gasteiger partial charge in [0.15, 0.2) is 13.1 Å². The van der Waals surface area contributed by atoms with E-state index in [2.05, 4.69) is 29.7 Å². The van der Waals surface area contributed by atoms with E-state index in [1.165, 1.54) is 11.1 Å². The molecule has 2 rings (SSSR count). The van der Waals surface area contributed by atoms with Crippen LogP contribution < -0.4 is 15.5 Å². The van der Waals surface area contributed by atoms with Gasteiger partial charge in [0.1, 0.15) is 0 Å². The average Bonchev–Trinajstić information content (AvgIpc) is 2.58. The molecule has 2 aromatic rings. The van der Waals surface area contributed by atoms with Crippen LogP contribution in [0.4, 0.5) is 5.69 Å². The van der Waals surface area contributed by atoms with Crippen LogP contribution in [0, 0.1) is 13.8 Å². The summed E-state index contributed by atoms with van der Waals surface area (Å²) in [7, 11) is 1.84. The number of amides is 2. The molecular formula is C21H28N3O2+. The Labute approximate surface area is 155 Å². The van der Waals surface area contributed by atoms with Crippen LogP contribution in [0.15, 0.2) is 48.5 Å². The summed E-state index contributed by atoms with van der Waals surface area (Å²) in [5, 5.41) is 5.78. The van der Waals surface area contributed by atoms with E-state index in [0.29, 0.717) is 6.54 Å². The highest BCUT2D eigenvalue weighted by Gasteiger charge is 2.14. The van der Waals surface area contributed by atoms with E-state index in [1.54, 1.807) is 0 Å². The van der Waals surface area contributed by atoms with E-state index in [0.717, 1.165) is 22.6 Å². The van der Waals surface area contributed by atoms with Gasteiger partial charge in [-0.3, -0.25) is 9.59 Å². The molecule has 3 N–H and O–H groups in total. The zero-order valence-corrected chi connectivity index (χ0v) is 15.8. The van der Waals surface area contributed by atoms with Crippen LogP contribution >= 0.6 is 0 Å². The van der Waals surface area contributed by atoms with Crippen molar-refractivity contribution in [3.05, 3.63) is 65.2 Å². The summed E-state index contributed by atoms with van der Waals surface area (Å²) in [6, 6.07) is 15.8. The smallest absolute Gasteiger partial charge is 0.279 e. The minimum atomic E-state index is -0.0981. The van der Waals surface area contributed by atoms with E-state index in [4.69, 9.17) is 0 Å². The first-order valence-electron chi connectivity index (χ1n) is 8.93. The maximum absolute atomic E-state index is 12.1. The molecule has 0 saturated carbocycles. The number of hydrogen-bond acceptors (Lipinski definition) is 2. The van der Waals surface area contributed by atoms with E-state index in [1.807, 2.05) is 50.4 Å². The summed E-state index contributed by atoms with van der Waals surface area (Å²) in [5.41, 5.74) is 4.40. The van der Waals surface area contributed by atoms with Crippen molar-refractivity contribution in [1.29, 1.82) is 0 Å². The number of carbonyl (C=O) groups is 2. The first-order chi connectivity index (χ1) is 12.4. The van der Waals surface area contributed by atoms with Crippen molar-refractivity contribution in [3.8, 4) is 0 Å². The number of nitrogens with one attached hydrogen (secondary N) is 3. The normalized spacial score (nSPS) is 11.7. The number of anilines is 1. The van der Waals surface area contributed by atoms with Crippen molar-refractivity contribution in [2.24, 2.45) is 0 Å². The van der Waals surface area contributed by atoms with Crippen molar-refractivity contribution in [1.82, 2.24) is 5.32 Å². The summed E-state index contributed by atoms with van der Waals surface area (Å²) >= 11 is 0. The van der Waals surface area contributed by atoms with Crippen LogP contribution in [-0.2, 0) is 16.0 Å². The molecule has 1 atom stereocenters. The van der Waals surface area contributed by atoms with Crippen molar-refractivity contribution >= 4 is 17.5 Å². The number of aryl methyl sites for hydroxylation is 2. The second-order valence-electron chi connectivity index (χ2n) is 6.75. The molecule has 1 unspecified atom stereocenters. The van der Waals surface area contributed by atoms with Crippen LogP contribution in [-0.4, -0.2) is 38.5 Å².